The first kappa shape index (κ1) is 21.7. The largest absolute Gasteiger partial charge is 0.356 e. The Balaban J connectivity index is 0.00000312. The first-order chi connectivity index (χ1) is 11.7. The second-order valence-electron chi connectivity index (χ2n) is 6.39. The highest BCUT2D eigenvalue weighted by Gasteiger charge is 2.20. The fraction of sp³-hybridized carbons (Fsp3) is 0.706. The maximum atomic E-state index is 12.2. The minimum absolute atomic E-state index is 0. The fourth-order valence-corrected chi connectivity index (χ4v) is 2.96. The van der Waals surface area contributed by atoms with Crippen molar-refractivity contribution in [3.05, 3.63) is 18.5 Å². The van der Waals surface area contributed by atoms with Crippen LogP contribution in [-0.4, -0.2) is 59.8 Å². The average Bonchev–Trinajstić information content (AvgIpc) is 3.10. The van der Waals surface area contributed by atoms with Gasteiger partial charge in [0.1, 0.15) is 0 Å². The maximum Gasteiger partial charge on any atom is 0.224 e. The Labute approximate surface area is 167 Å². The number of aliphatic imine (C=N–C) groups is 1. The van der Waals surface area contributed by atoms with Gasteiger partial charge < -0.3 is 15.5 Å². The molecule has 7 nitrogen and oxygen atoms in total. The van der Waals surface area contributed by atoms with Crippen molar-refractivity contribution in [2.24, 2.45) is 10.9 Å². The zero-order chi connectivity index (χ0) is 17.2. The van der Waals surface area contributed by atoms with Crippen LogP contribution < -0.4 is 10.6 Å². The third kappa shape index (κ3) is 8.06. The number of hydrogen-bond donors (Lipinski definition) is 2. The van der Waals surface area contributed by atoms with Crippen molar-refractivity contribution >= 4 is 35.8 Å². The Kier molecular flexibility index (Phi) is 10.5. The number of aromatic nitrogens is 2. The molecule has 1 amide bonds. The molecule has 1 atom stereocenters. The molecule has 0 radical (unpaired) electrons. The SMILES string of the molecule is CN=C(NCCCn1cccn1)NCCC(=O)N1CCCC(C)C1.I. The van der Waals surface area contributed by atoms with Crippen LogP contribution in [0, 0.1) is 5.92 Å². The first-order valence-corrected chi connectivity index (χ1v) is 8.88. The molecule has 8 heteroatoms. The van der Waals surface area contributed by atoms with Crippen LogP contribution in [-0.2, 0) is 11.3 Å². The molecule has 1 aromatic heterocycles. The van der Waals surface area contributed by atoms with Gasteiger partial charge in [-0.1, -0.05) is 6.92 Å². The number of hydrogen-bond acceptors (Lipinski definition) is 3. The van der Waals surface area contributed by atoms with E-state index in [1.807, 2.05) is 21.8 Å². The van der Waals surface area contributed by atoms with E-state index in [9.17, 15) is 4.79 Å². The highest BCUT2D eigenvalue weighted by molar-refractivity contribution is 14.0. The van der Waals surface area contributed by atoms with Gasteiger partial charge in [-0.05, 0) is 31.2 Å². The zero-order valence-electron chi connectivity index (χ0n) is 15.3. The number of likely N-dealkylation sites (tertiary alicyclic amines) is 1. The molecule has 1 aromatic rings. The van der Waals surface area contributed by atoms with Crippen LogP contribution in [0.1, 0.15) is 32.6 Å². The van der Waals surface area contributed by atoms with Gasteiger partial charge in [-0.25, -0.2) is 0 Å². The Bertz CT molecular complexity index is 519. The summed E-state index contributed by atoms with van der Waals surface area (Å²) < 4.78 is 1.91. The molecule has 1 aliphatic heterocycles. The summed E-state index contributed by atoms with van der Waals surface area (Å²) >= 11 is 0. The smallest absolute Gasteiger partial charge is 0.224 e. The summed E-state index contributed by atoms with van der Waals surface area (Å²) in [5.74, 6) is 1.61. The van der Waals surface area contributed by atoms with E-state index < -0.39 is 0 Å². The third-order valence-corrected chi connectivity index (χ3v) is 4.28. The third-order valence-electron chi connectivity index (χ3n) is 4.28. The standard InChI is InChI=1S/C17H30N6O.HI/c1-15-6-3-11-22(14-15)16(24)7-10-20-17(18-2)19-8-4-12-23-13-5-9-21-23;/h5,9,13,15H,3-4,6-8,10-12,14H2,1-2H3,(H2,18,19,20);1H. The van der Waals surface area contributed by atoms with E-state index in [0.717, 1.165) is 45.0 Å². The molecular formula is C17H31IN6O. The highest BCUT2D eigenvalue weighted by atomic mass is 127. The van der Waals surface area contributed by atoms with Gasteiger partial charge >= 0.3 is 0 Å². The Morgan fingerprint density at radius 3 is 2.84 bits per heavy atom. The molecule has 2 heterocycles. The van der Waals surface area contributed by atoms with Crippen molar-refractivity contribution < 1.29 is 4.79 Å². The van der Waals surface area contributed by atoms with Crippen molar-refractivity contribution in [3.8, 4) is 0 Å². The summed E-state index contributed by atoms with van der Waals surface area (Å²) in [6, 6.07) is 1.92. The molecule has 142 valence electrons. The van der Waals surface area contributed by atoms with Crippen LogP contribution in [0.2, 0.25) is 0 Å². The predicted molar refractivity (Wildman–Crippen MR) is 111 cm³/mol. The summed E-state index contributed by atoms with van der Waals surface area (Å²) in [6.07, 6.45) is 7.58. The molecular weight excluding hydrogens is 431 g/mol. The van der Waals surface area contributed by atoms with Gasteiger partial charge in [0.2, 0.25) is 5.91 Å². The van der Waals surface area contributed by atoms with Crippen LogP contribution in [0.3, 0.4) is 0 Å². The monoisotopic (exact) mass is 462 g/mol. The lowest BCUT2D eigenvalue weighted by atomic mass is 10.00. The van der Waals surface area contributed by atoms with Gasteiger partial charge in [0.25, 0.3) is 0 Å². The van der Waals surface area contributed by atoms with E-state index in [0.29, 0.717) is 18.9 Å². The van der Waals surface area contributed by atoms with Crippen molar-refractivity contribution in [3.63, 3.8) is 0 Å². The second kappa shape index (κ2) is 12.1. The number of piperidine rings is 1. The highest BCUT2D eigenvalue weighted by Crippen LogP contribution is 2.15. The number of nitrogens with one attached hydrogen (secondary N) is 2. The summed E-state index contributed by atoms with van der Waals surface area (Å²) in [7, 11) is 1.75. The van der Waals surface area contributed by atoms with E-state index in [4.69, 9.17) is 0 Å². The number of aryl methyl sites for hydroxylation is 1. The quantitative estimate of drug-likeness (QED) is 0.280. The maximum absolute atomic E-state index is 12.2. The number of guanidine groups is 1. The lowest BCUT2D eigenvalue weighted by Crippen LogP contribution is -2.42. The number of halogens is 1. The molecule has 1 fully saturated rings. The van der Waals surface area contributed by atoms with Gasteiger partial charge in [-0.2, -0.15) is 5.10 Å². The molecule has 2 rings (SSSR count). The molecule has 0 saturated carbocycles. The van der Waals surface area contributed by atoms with Crippen LogP contribution >= 0.6 is 24.0 Å². The number of amides is 1. The Morgan fingerprint density at radius 1 is 1.36 bits per heavy atom. The van der Waals surface area contributed by atoms with Gasteiger partial charge in [-0.3, -0.25) is 14.5 Å². The predicted octanol–water partition coefficient (Wildman–Crippen LogP) is 1.70. The topological polar surface area (TPSA) is 74.5 Å². The molecule has 0 aliphatic carbocycles. The Hall–Kier alpha value is -1.32. The van der Waals surface area contributed by atoms with Gasteiger partial charge in [-0.15, -0.1) is 24.0 Å². The zero-order valence-corrected chi connectivity index (χ0v) is 17.6. The van der Waals surface area contributed by atoms with Crippen molar-refractivity contribution in [1.29, 1.82) is 0 Å². The summed E-state index contributed by atoms with van der Waals surface area (Å²) in [5, 5.41) is 10.7. The van der Waals surface area contributed by atoms with E-state index in [-0.39, 0.29) is 29.9 Å². The van der Waals surface area contributed by atoms with Crippen LogP contribution in [0.4, 0.5) is 0 Å². The minimum Gasteiger partial charge on any atom is -0.356 e. The number of carbonyl (C=O) groups is 1. The number of carbonyl (C=O) groups excluding carboxylic acids is 1. The molecule has 25 heavy (non-hydrogen) atoms. The van der Waals surface area contributed by atoms with Gasteiger partial charge in [0.05, 0.1) is 0 Å². The second-order valence-corrected chi connectivity index (χ2v) is 6.39. The molecule has 0 aromatic carbocycles. The molecule has 1 saturated heterocycles. The van der Waals surface area contributed by atoms with Gasteiger partial charge in [0.15, 0.2) is 5.96 Å². The van der Waals surface area contributed by atoms with Crippen LogP contribution in [0.25, 0.3) is 0 Å². The Morgan fingerprint density at radius 2 is 2.16 bits per heavy atom. The number of nitrogens with zero attached hydrogens (tertiary/aromatic N) is 4. The summed E-state index contributed by atoms with van der Waals surface area (Å²) in [6.45, 7) is 6.33. The lowest BCUT2D eigenvalue weighted by molar-refractivity contribution is -0.132. The molecule has 2 N–H and O–H groups in total. The molecule has 1 unspecified atom stereocenters. The average molecular weight is 462 g/mol. The van der Waals surface area contributed by atoms with Crippen LogP contribution in [0.5, 0.6) is 0 Å². The molecule has 0 bridgehead atoms. The minimum atomic E-state index is 0. The molecule has 0 spiro atoms. The van der Waals surface area contributed by atoms with E-state index in [2.05, 4.69) is 27.6 Å². The summed E-state index contributed by atoms with van der Waals surface area (Å²) in [5.41, 5.74) is 0. The van der Waals surface area contributed by atoms with Gasteiger partial charge in [0, 0.05) is 58.6 Å². The summed E-state index contributed by atoms with van der Waals surface area (Å²) in [4.78, 5) is 18.4. The van der Waals surface area contributed by atoms with E-state index in [1.165, 1.54) is 6.42 Å². The van der Waals surface area contributed by atoms with Crippen LogP contribution in [0.15, 0.2) is 23.5 Å². The number of rotatable bonds is 7. The van der Waals surface area contributed by atoms with Crippen molar-refractivity contribution in [2.75, 3.05) is 33.2 Å². The lowest BCUT2D eigenvalue weighted by Gasteiger charge is -2.31. The van der Waals surface area contributed by atoms with Crippen molar-refractivity contribution in [1.82, 2.24) is 25.3 Å². The van der Waals surface area contributed by atoms with E-state index >= 15 is 0 Å². The van der Waals surface area contributed by atoms with Crippen molar-refractivity contribution in [2.45, 2.75) is 39.2 Å². The first-order valence-electron chi connectivity index (χ1n) is 8.88. The molecule has 1 aliphatic rings. The fourth-order valence-electron chi connectivity index (χ4n) is 2.96. The van der Waals surface area contributed by atoms with E-state index in [1.54, 1.807) is 13.2 Å². The normalized spacial score (nSPS) is 17.8.